The Hall–Kier alpha value is -4.80. The normalized spacial score (nSPS) is 14.1. The van der Waals surface area contributed by atoms with Gasteiger partial charge >= 0.3 is 0 Å². The van der Waals surface area contributed by atoms with Crippen LogP contribution in [0.2, 0.25) is 0 Å². The smallest absolute Gasteiger partial charge is 0.282 e. The van der Waals surface area contributed by atoms with Crippen LogP contribution in [0.25, 0.3) is 0 Å². The molecule has 1 aliphatic carbocycles. The summed E-state index contributed by atoms with van der Waals surface area (Å²) < 4.78 is 10.7. The van der Waals surface area contributed by atoms with Crippen LogP contribution in [0.4, 0.5) is 17.1 Å². The van der Waals surface area contributed by atoms with E-state index in [-0.39, 0.29) is 35.1 Å². The number of ketones is 1. The second kappa shape index (κ2) is 13.2. The summed E-state index contributed by atoms with van der Waals surface area (Å²) in [5.74, 6) is -0.129. The van der Waals surface area contributed by atoms with Gasteiger partial charge in [-0.1, -0.05) is 32.1 Å². The van der Waals surface area contributed by atoms with Crippen molar-refractivity contribution in [3.63, 3.8) is 0 Å². The van der Waals surface area contributed by atoms with E-state index in [1.807, 2.05) is 0 Å². The van der Waals surface area contributed by atoms with Crippen LogP contribution in [0.1, 0.15) is 66.1 Å². The minimum absolute atomic E-state index is 0.132. The molecule has 11 heteroatoms. The molecular weight excluding hydrogens is 542 g/mol. The van der Waals surface area contributed by atoms with Crippen molar-refractivity contribution >= 4 is 28.8 Å². The Kier molecular flexibility index (Phi) is 9.51. The Morgan fingerprint density at radius 2 is 1.60 bits per heavy atom. The fourth-order valence-electron chi connectivity index (χ4n) is 5.54. The minimum atomic E-state index is -1.21. The molecule has 220 valence electrons. The molecule has 0 aliphatic heterocycles. The van der Waals surface area contributed by atoms with E-state index < -0.39 is 27.5 Å². The summed E-state index contributed by atoms with van der Waals surface area (Å²) in [5.41, 5.74) is 0.474. The fraction of sp³-hybridized carbons (Fsp3) is 0.355. The molecule has 1 unspecified atom stereocenters. The van der Waals surface area contributed by atoms with Gasteiger partial charge in [-0.3, -0.25) is 34.7 Å². The molecule has 4 rings (SSSR count). The minimum Gasteiger partial charge on any atom is -0.497 e. The summed E-state index contributed by atoms with van der Waals surface area (Å²) in [6, 6.07) is 13.1. The van der Waals surface area contributed by atoms with Crippen molar-refractivity contribution in [1.29, 1.82) is 0 Å². The predicted octanol–water partition coefficient (Wildman–Crippen LogP) is 6.76. The summed E-state index contributed by atoms with van der Waals surface area (Å²) in [7, 11) is 2.89. The molecule has 42 heavy (non-hydrogen) atoms. The van der Waals surface area contributed by atoms with Crippen molar-refractivity contribution in [2.24, 2.45) is 5.92 Å². The van der Waals surface area contributed by atoms with Crippen LogP contribution >= 0.6 is 0 Å². The lowest BCUT2D eigenvalue weighted by atomic mass is 9.83. The zero-order valence-corrected chi connectivity index (χ0v) is 23.8. The maximum Gasteiger partial charge on any atom is 0.282 e. The molecule has 0 heterocycles. The van der Waals surface area contributed by atoms with Gasteiger partial charge in [0.1, 0.15) is 23.1 Å². The number of carbonyl (C=O) groups is 2. The van der Waals surface area contributed by atoms with Gasteiger partial charge in [-0.05, 0) is 66.4 Å². The molecule has 1 aliphatic rings. The van der Waals surface area contributed by atoms with Gasteiger partial charge in [-0.25, -0.2) is 0 Å². The van der Waals surface area contributed by atoms with Crippen molar-refractivity contribution in [2.45, 2.75) is 51.5 Å². The largest absolute Gasteiger partial charge is 0.497 e. The highest BCUT2D eigenvalue weighted by molar-refractivity contribution is 6.12. The molecule has 0 aromatic heterocycles. The van der Waals surface area contributed by atoms with E-state index in [0.717, 1.165) is 32.1 Å². The van der Waals surface area contributed by atoms with Gasteiger partial charge < -0.3 is 9.47 Å². The maximum atomic E-state index is 14.5. The number of ether oxygens (including phenoxy) is 2. The molecule has 0 spiro atoms. The lowest BCUT2D eigenvalue weighted by Gasteiger charge is -2.33. The number of hydrogen-bond acceptors (Lipinski definition) is 8. The van der Waals surface area contributed by atoms with Gasteiger partial charge in [0.25, 0.3) is 17.3 Å². The van der Waals surface area contributed by atoms with Crippen molar-refractivity contribution in [1.82, 2.24) is 0 Å². The van der Waals surface area contributed by atoms with Gasteiger partial charge in [0.15, 0.2) is 5.78 Å². The molecule has 1 fully saturated rings. The highest BCUT2D eigenvalue weighted by Gasteiger charge is 2.37. The predicted molar refractivity (Wildman–Crippen MR) is 156 cm³/mol. The number of anilines is 1. The van der Waals surface area contributed by atoms with Gasteiger partial charge in [0.05, 0.1) is 24.1 Å². The summed E-state index contributed by atoms with van der Waals surface area (Å²) >= 11 is 0. The van der Waals surface area contributed by atoms with Crippen LogP contribution in [0.5, 0.6) is 11.5 Å². The van der Waals surface area contributed by atoms with Crippen molar-refractivity contribution in [3.05, 3.63) is 97.6 Å². The first kappa shape index (κ1) is 30.2. The SMILES string of the molecule is COc1ccc([N+](=O)[O-])c(C(=O)N(c2ccc(OC)c(C)c2)C(C(=O)CC2CCCCC2)c2ccc([N+](=O)[O-])cc2)c1. The number of amides is 1. The van der Waals surface area contributed by atoms with E-state index in [4.69, 9.17) is 9.47 Å². The number of rotatable bonds is 11. The third-order valence-corrected chi connectivity index (χ3v) is 7.70. The summed E-state index contributed by atoms with van der Waals surface area (Å²) in [6.45, 7) is 1.78. The maximum absolute atomic E-state index is 14.5. The van der Waals surface area contributed by atoms with E-state index >= 15 is 0 Å². The molecule has 0 bridgehead atoms. The number of methoxy groups -OCH3 is 2. The van der Waals surface area contributed by atoms with Crippen LogP contribution in [-0.2, 0) is 4.79 Å². The molecule has 0 N–H and O–H groups in total. The zero-order valence-electron chi connectivity index (χ0n) is 23.8. The summed E-state index contributed by atoms with van der Waals surface area (Å²) in [6.07, 6.45) is 5.09. The van der Waals surface area contributed by atoms with Crippen LogP contribution in [0, 0.1) is 33.1 Å². The monoisotopic (exact) mass is 575 g/mol. The standard InChI is InChI=1S/C31H33N3O8/c1-20-17-24(13-16-29(20)42-3)32(31(36)26-19-25(41-2)14-15-27(26)34(39)40)30(22-9-11-23(12-10-22)33(37)38)28(35)18-21-7-5-4-6-8-21/h9-17,19,21,30H,4-8,18H2,1-3H3. The van der Waals surface area contributed by atoms with Crippen LogP contribution in [-0.4, -0.2) is 35.8 Å². The highest BCUT2D eigenvalue weighted by atomic mass is 16.6. The lowest BCUT2D eigenvalue weighted by molar-refractivity contribution is -0.385. The zero-order chi connectivity index (χ0) is 30.4. The number of aryl methyl sites for hydroxylation is 1. The number of hydrogen-bond donors (Lipinski definition) is 0. The third kappa shape index (κ3) is 6.56. The second-order valence-corrected chi connectivity index (χ2v) is 10.4. The molecule has 1 amide bonds. The highest BCUT2D eigenvalue weighted by Crippen LogP contribution is 2.38. The Morgan fingerprint density at radius 3 is 2.17 bits per heavy atom. The van der Waals surface area contributed by atoms with Crippen molar-refractivity contribution in [3.8, 4) is 11.5 Å². The molecular formula is C31H33N3O8. The Bertz CT molecular complexity index is 1480. The summed E-state index contributed by atoms with van der Waals surface area (Å²) in [5, 5.41) is 23.4. The van der Waals surface area contributed by atoms with E-state index in [0.29, 0.717) is 22.6 Å². The van der Waals surface area contributed by atoms with Crippen molar-refractivity contribution < 1.29 is 28.9 Å². The third-order valence-electron chi connectivity index (χ3n) is 7.70. The average molecular weight is 576 g/mol. The molecule has 3 aromatic rings. The van der Waals surface area contributed by atoms with E-state index in [2.05, 4.69) is 0 Å². The van der Waals surface area contributed by atoms with E-state index in [1.54, 1.807) is 25.1 Å². The second-order valence-electron chi connectivity index (χ2n) is 10.4. The number of non-ortho nitro benzene ring substituents is 1. The van der Waals surface area contributed by atoms with E-state index in [1.165, 1.54) is 61.6 Å². The average Bonchev–Trinajstić information content (AvgIpc) is 2.99. The van der Waals surface area contributed by atoms with Gasteiger partial charge in [-0.15, -0.1) is 0 Å². The Labute approximate surface area is 243 Å². The quantitative estimate of drug-likeness (QED) is 0.180. The first-order chi connectivity index (χ1) is 20.1. The molecule has 0 radical (unpaired) electrons. The van der Waals surface area contributed by atoms with Crippen LogP contribution < -0.4 is 14.4 Å². The number of nitro groups is 2. The first-order valence-electron chi connectivity index (χ1n) is 13.7. The molecule has 3 aromatic carbocycles. The topological polar surface area (TPSA) is 142 Å². The Balaban J connectivity index is 1.93. The van der Waals surface area contributed by atoms with Gasteiger partial charge in [0.2, 0.25) is 0 Å². The summed E-state index contributed by atoms with van der Waals surface area (Å²) in [4.78, 5) is 52.1. The molecule has 11 nitrogen and oxygen atoms in total. The molecule has 0 saturated heterocycles. The number of nitro benzene ring substituents is 2. The fourth-order valence-corrected chi connectivity index (χ4v) is 5.54. The lowest BCUT2D eigenvalue weighted by Crippen LogP contribution is -2.40. The Morgan fingerprint density at radius 1 is 0.905 bits per heavy atom. The van der Waals surface area contributed by atoms with Crippen LogP contribution in [0.15, 0.2) is 60.7 Å². The number of benzene rings is 3. The first-order valence-corrected chi connectivity index (χ1v) is 13.7. The van der Waals surface area contributed by atoms with Gasteiger partial charge in [0, 0.05) is 30.3 Å². The molecule has 1 atom stereocenters. The van der Waals surface area contributed by atoms with Gasteiger partial charge in [-0.2, -0.15) is 0 Å². The number of Topliss-reactive ketones (excluding diaryl/α,β-unsaturated/α-hetero) is 1. The van der Waals surface area contributed by atoms with Crippen molar-refractivity contribution in [2.75, 3.05) is 19.1 Å². The molecule has 1 saturated carbocycles. The van der Waals surface area contributed by atoms with E-state index in [9.17, 15) is 29.8 Å². The number of nitrogens with zero attached hydrogens (tertiary/aromatic N) is 3. The number of carbonyl (C=O) groups excluding carboxylic acids is 2. The van der Waals surface area contributed by atoms with Crippen LogP contribution in [0.3, 0.4) is 0 Å².